The van der Waals surface area contributed by atoms with Crippen LogP contribution in [0.15, 0.2) is 28.7 Å². The summed E-state index contributed by atoms with van der Waals surface area (Å²) in [6, 6.07) is 7.85. The Bertz CT molecular complexity index is 459. The number of benzene rings is 1. The maximum atomic E-state index is 11.5. The summed E-state index contributed by atoms with van der Waals surface area (Å²) in [6.07, 6.45) is 0.579. The molecule has 0 saturated heterocycles. The molecule has 0 amide bonds. The second-order valence-corrected chi connectivity index (χ2v) is 7.63. The SMILES string of the molecule is CCS(=O)(=O)CCC(CCl)c1cccc(Br)c1. The van der Waals surface area contributed by atoms with E-state index in [9.17, 15) is 8.42 Å². The van der Waals surface area contributed by atoms with Gasteiger partial charge < -0.3 is 0 Å². The quantitative estimate of drug-likeness (QED) is 0.742. The number of rotatable bonds is 6. The number of hydrogen-bond acceptors (Lipinski definition) is 2. The van der Waals surface area contributed by atoms with Crippen LogP contribution < -0.4 is 0 Å². The topological polar surface area (TPSA) is 34.1 Å². The van der Waals surface area contributed by atoms with E-state index < -0.39 is 9.84 Å². The number of hydrogen-bond donors (Lipinski definition) is 0. The number of sulfone groups is 1. The van der Waals surface area contributed by atoms with Gasteiger partial charge in [0.05, 0.1) is 5.75 Å². The molecule has 0 bridgehead atoms. The van der Waals surface area contributed by atoms with Crippen LogP contribution in [0.1, 0.15) is 24.8 Å². The van der Waals surface area contributed by atoms with E-state index in [1.807, 2.05) is 24.3 Å². The van der Waals surface area contributed by atoms with Crippen molar-refractivity contribution < 1.29 is 8.42 Å². The molecule has 1 unspecified atom stereocenters. The van der Waals surface area contributed by atoms with Crippen molar-refractivity contribution >= 4 is 37.4 Å². The molecule has 0 aliphatic carbocycles. The second-order valence-electron chi connectivity index (χ2n) is 3.93. The highest BCUT2D eigenvalue weighted by atomic mass is 79.9. The summed E-state index contributed by atoms with van der Waals surface area (Å²) >= 11 is 9.32. The van der Waals surface area contributed by atoms with Gasteiger partial charge in [-0.1, -0.05) is 35.0 Å². The molecule has 2 nitrogen and oxygen atoms in total. The normalized spacial score (nSPS) is 13.6. The molecule has 5 heteroatoms. The van der Waals surface area contributed by atoms with Gasteiger partial charge >= 0.3 is 0 Å². The fourth-order valence-electron chi connectivity index (χ4n) is 1.56. The molecule has 1 atom stereocenters. The lowest BCUT2D eigenvalue weighted by molar-refractivity contribution is 0.590. The van der Waals surface area contributed by atoms with Gasteiger partial charge in [0.25, 0.3) is 0 Å². The Hall–Kier alpha value is -0.0600. The Balaban J connectivity index is 2.73. The van der Waals surface area contributed by atoms with Gasteiger partial charge in [-0.3, -0.25) is 0 Å². The second kappa shape index (κ2) is 6.76. The largest absolute Gasteiger partial charge is 0.229 e. The molecule has 0 aromatic heterocycles. The molecule has 0 aliphatic heterocycles. The Morgan fingerprint density at radius 3 is 2.65 bits per heavy atom. The molecule has 0 spiro atoms. The molecule has 1 aromatic carbocycles. The molecule has 96 valence electrons. The third kappa shape index (κ3) is 4.98. The molecular weight excluding hydrogens is 324 g/mol. The minimum atomic E-state index is -2.91. The number of halogens is 2. The molecular formula is C12H16BrClO2S. The van der Waals surface area contributed by atoms with Crippen molar-refractivity contribution in [3.63, 3.8) is 0 Å². The molecule has 0 aliphatic rings. The van der Waals surface area contributed by atoms with E-state index in [2.05, 4.69) is 15.9 Å². The van der Waals surface area contributed by atoms with Crippen molar-refractivity contribution in [1.82, 2.24) is 0 Å². The van der Waals surface area contributed by atoms with E-state index in [0.717, 1.165) is 10.0 Å². The molecule has 1 rings (SSSR count). The lowest BCUT2D eigenvalue weighted by atomic mass is 9.99. The first kappa shape index (κ1) is 15.0. The summed E-state index contributed by atoms with van der Waals surface area (Å²) in [5.41, 5.74) is 1.08. The lowest BCUT2D eigenvalue weighted by Crippen LogP contribution is -2.13. The van der Waals surface area contributed by atoms with Crippen molar-refractivity contribution in [2.24, 2.45) is 0 Å². The van der Waals surface area contributed by atoms with E-state index in [1.54, 1.807) is 6.92 Å². The van der Waals surface area contributed by atoms with Gasteiger partial charge in [-0.25, -0.2) is 8.42 Å². The van der Waals surface area contributed by atoms with Gasteiger partial charge in [-0.05, 0) is 30.0 Å². The average Bonchev–Trinajstić information content (AvgIpc) is 2.30. The molecule has 1 aromatic rings. The van der Waals surface area contributed by atoms with Crippen LogP contribution in [0.4, 0.5) is 0 Å². The number of alkyl halides is 1. The van der Waals surface area contributed by atoms with E-state index in [1.165, 1.54) is 0 Å². The van der Waals surface area contributed by atoms with Gasteiger partial charge in [-0.2, -0.15) is 0 Å². The van der Waals surface area contributed by atoms with E-state index in [-0.39, 0.29) is 17.4 Å². The van der Waals surface area contributed by atoms with E-state index in [4.69, 9.17) is 11.6 Å². The first-order valence-electron chi connectivity index (χ1n) is 5.50. The Kier molecular flexibility index (Phi) is 5.97. The fourth-order valence-corrected chi connectivity index (χ4v) is 3.24. The van der Waals surface area contributed by atoms with Crippen LogP contribution in [0.5, 0.6) is 0 Å². The molecule has 0 saturated carbocycles. The smallest absolute Gasteiger partial charge is 0.150 e. The van der Waals surface area contributed by atoms with Crippen molar-refractivity contribution in [2.75, 3.05) is 17.4 Å². The van der Waals surface area contributed by atoms with Gasteiger partial charge in [0.15, 0.2) is 0 Å². The van der Waals surface area contributed by atoms with Crippen LogP contribution >= 0.6 is 27.5 Å². The maximum Gasteiger partial charge on any atom is 0.150 e. The summed E-state index contributed by atoms with van der Waals surface area (Å²) in [6.45, 7) is 1.67. The first-order valence-corrected chi connectivity index (χ1v) is 8.65. The van der Waals surface area contributed by atoms with Crippen molar-refractivity contribution in [3.8, 4) is 0 Å². The average molecular weight is 340 g/mol. The van der Waals surface area contributed by atoms with Crippen LogP contribution in [0, 0.1) is 0 Å². The van der Waals surface area contributed by atoms with E-state index in [0.29, 0.717) is 12.3 Å². The Labute approximate surface area is 116 Å². The zero-order valence-electron chi connectivity index (χ0n) is 9.70. The standard InChI is InChI=1S/C12H16BrClO2S/c1-2-17(15,16)7-6-11(9-14)10-4-3-5-12(13)8-10/h3-5,8,11H,2,6-7,9H2,1H3. The monoisotopic (exact) mass is 338 g/mol. The molecule has 0 heterocycles. The van der Waals surface area contributed by atoms with Crippen LogP contribution in [0.25, 0.3) is 0 Å². The van der Waals surface area contributed by atoms with Crippen molar-refractivity contribution in [1.29, 1.82) is 0 Å². The minimum Gasteiger partial charge on any atom is -0.229 e. The highest BCUT2D eigenvalue weighted by Gasteiger charge is 2.15. The predicted molar refractivity (Wildman–Crippen MR) is 76.5 cm³/mol. The zero-order valence-corrected chi connectivity index (χ0v) is 12.9. The Morgan fingerprint density at radius 1 is 1.41 bits per heavy atom. The van der Waals surface area contributed by atoms with Crippen LogP contribution in [0.3, 0.4) is 0 Å². The molecule has 17 heavy (non-hydrogen) atoms. The third-order valence-electron chi connectivity index (χ3n) is 2.72. The summed E-state index contributed by atoms with van der Waals surface area (Å²) in [7, 11) is -2.91. The van der Waals surface area contributed by atoms with E-state index >= 15 is 0 Å². The summed E-state index contributed by atoms with van der Waals surface area (Å²) in [4.78, 5) is 0. The summed E-state index contributed by atoms with van der Waals surface area (Å²) < 4.78 is 23.9. The first-order chi connectivity index (χ1) is 7.98. The van der Waals surface area contributed by atoms with Gasteiger partial charge in [-0.15, -0.1) is 11.6 Å². The molecule has 0 N–H and O–H groups in total. The van der Waals surface area contributed by atoms with Crippen molar-refractivity contribution in [2.45, 2.75) is 19.3 Å². The molecule has 0 fully saturated rings. The van der Waals surface area contributed by atoms with Gasteiger partial charge in [0.2, 0.25) is 0 Å². The Morgan fingerprint density at radius 2 is 2.12 bits per heavy atom. The molecule has 0 radical (unpaired) electrons. The predicted octanol–water partition coefficient (Wildman–Crippen LogP) is 3.60. The third-order valence-corrected chi connectivity index (χ3v) is 5.33. The summed E-state index contributed by atoms with van der Waals surface area (Å²) in [5.74, 6) is 0.930. The summed E-state index contributed by atoms with van der Waals surface area (Å²) in [5, 5.41) is 0. The van der Waals surface area contributed by atoms with Gasteiger partial charge in [0.1, 0.15) is 9.84 Å². The van der Waals surface area contributed by atoms with Crippen molar-refractivity contribution in [3.05, 3.63) is 34.3 Å². The minimum absolute atomic E-state index is 0.0930. The van der Waals surface area contributed by atoms with Crippen LogP contribution in [-0.2, 0) is 9.84 Å². The highest BCUT2D eigenvalue weighted by Crippen LogP contribution is 2.24. The highest BCUT2D eigenvalue weighted by molar-refractivity contribution is 9.10. The maximum absolute atomic E-state index is 11.5. The lowest BCUT2D eigenvalue weighted by Gasteiger charge is -2.14. The fraction of sp³-hybridized carbons (Fsp3) is 0.500. The van der Waals surface area contributed by atoms with Crippen LogP contribution in [0.2, 0.25) is 0 Å². The van der Waals surface area contributed by atoms with Crippen LogP contribution in [-0.4, -0.2) is 25.8 Å². The van der Waals surface area contributed by atoms with Gasteiger partial charge in [0, 0.05) is 16.1 Å². The zero-order chi connectivity index (χ0) is 12.9.